The van der Waals surface area contributed by atoms with Crippen molar-refractivity contribution >= 4 is 5.78 Å². The van der Waals surface area contributed by atoms with Crippen LogP contribution in [-0.2, 0) is 17.6 Å². The highest BCUT2D eigenvalue weighted by Crippen LogP contribution is 2.32. The van der Waals surface area contributed by atoms with E-state index in [1.807, 2.05) is 12.1 Å². The molecule has 1 aliphatic heterocycles. The monoisotopic (exact) mass is 260 g/mol. The lowest BCUT2D eigenvalue weighted by molar-refractivity contribution is -0.136. The molecular formula is C16H20O3. The summed E-state index contributed by atoms with van der Waals surface area (Å²) in [5.41, 5.74) is 1.38. The van der Waals surface area contributed by atoms with E-state index in [1.54, 1.807) is 0 Å². The fraction of sp³-hybridized carbons (Fsp3) is 0.562. The maximum absolute atomic E-state index is 12.1. The molecule has 19 heavy (non-hydrogen) atoms. The largest absolute Gasteiger partial charge is 0.493 e. The number of fused-ring (bicyclic) bond motifs is 1. The Hall–Kier alpha value is -1.35. The van der Waals surface area contributed by atoms with Crippen molar-refractivity contribution in [2.75, 3.05) is 6.61 Å². The first-order valence-electron chi connectivity index (χ1n) is 7.18. The average molecular weight is 260 g/mol. The normalized spacial score (nSPS) is 20.1. The molecule has 102 valence electrons. The second kappa shape index (κ2) is 4.97. The number of carbonyl (C=O) groups excluding carboxylic acids is 1. The van der Waals surface area contributed by atoms with E-state index in [-0.39, 0.29) is 5.78 Å². The molecule has 0 saturated heterocycles. The molecule has 1 N–H and O–H groups in total. The maximum Gasteiger partial charge on any atom is 0.164 e. The Labute approximate surface area is 113 Å². The molecule has 1 saturated carbocycles. The summed E-state index contributed by atoms with van der Waals surface area (Å²) in [7, 11) is 0. The van der Waals surface area contributed by atoms with Gasteiger partial charge in [-0.2, -0.15) is 0 Å². The van der Waals surface area contributed by atoms with Crippen LogP contribution >= 0.6 is 0 Å². The summed E-state index contributed by atoms with van der Waals surface area (Å²) in [4.78, 5) is 12.1. The quantitative estimate of drug-likeness (QED) is 0.904. The zero-order valence-electron chi connectivity index (χ0n) is 11.2. The first-order chi connectivity index (χ1) is 9.17. The highest BCUT2D eigenvalue weighted by Gasteiger charge is 2.37. The number of ether oxygens (including phenoxy) is 1. The summed E-state index contributed by atoms with van der Waals surface area (Å²) in [6.07, 6.45) is 5.34. The van der Waals surface area contributed by atoms with E-state index < -0.39 is 5.60 Å². The predicted octanol–water partition coefficient (Wildman–Crippen LogP) is 2.43. The van der Waals surface area contributed by atoms with Gasteiger partial charge in [-0.15, -0.1) is 0 Å². The van der Waals surface area contributed by atoms with Crippen LogP contribution in [0.25, 0.3) is 0 Å². The van der Waals surface area contributed by atoms with Gasteiger partial charge in [0.2, 0.25) is 0 Å². The van der Waals surface area contributed by atoms with Crippen LogP contribution in [0.15, 0.2) is 18.2 Å². The molecule has 0 aromatic heterocycles. The lowest BCUT2D eigenvalue weighted by Crippen LogP contribution is -2.35. The number of carbonyl (C=O) groups is 1. The van der Waals surface area contributed by atoms with Gasteiger partial charge >= 0.3 is 0 Å². The molecule has 3 nitrogen and oxygen atoms in total. The molecule has 0 atom stereocenters. The van der Waals surface area contributed by atoms with Gasteiger partial charge in [0.1, 0.15) is 11.4 Å². The third kappa shape index (κ3) is 2.52. The molecule has 0 unspecified atom stereocenters. The first-order valence-corrected chi connectivity index (χ1v) is 7.18. The van der Waals surface area contributed by atoms with E-state index >= 15 is 0 Å². The molecule has 0 amide bonds. The van der Waals surface area contributed by atoms with Crippen LogP contribution in [0.2, 0.25) is 0 Å². The smallest absolute Gasteiger partial charge is 0.164 e. The highest BCUT2D eigenvalue weighted by atomic mass is 16.5. The van der Waals surface area contributed by atoms with Gasteiger partial charge in [-0.05, 0) is 49.3 Å². The summed E-state index contributed by atoms with van der Waals surface area (Å²) < 4.78 is 5.47. The van der Waals surface area contributed by atoms with Crippen LogP contribution in [0, 0.1) is 0 Å². The van der Waals surface area contributed by atoms with Crippen molar-refractivity contribution in [2.24, 2.45) is 0 Å². The zero-order chi connectivity index (χ0) is 13.3. The van der Waals surface area contributed by atoms with Crippen molar-refractivity contribution in [1.29, 1.82) is 0 Å². The molecular weight excluding hydrogens is 240 g/mol. The van der Waals surface area contributed by atoms with E-state index in [0.717, 1.165) is 31.6 Å². The van der Waals surface area contributed by atoms with Crippen LogP contribution in [0.3, 0.4) is 0 Å². The molecule has 0 radical (unpaired) electrons. The van der Waals surface area contributed by atoms with Crippen LogP contribution in [0.4, 0.5) is 0 Å². The van der Waals surface area contributed by atoms with E-state index in [0.29, 0.717) is 25.7 Å². The number of aliphatic hydroxyl groups is 1. The Kier molecular flexibility index (Phi) is 3.31. The number of hydrogen-bond acceptors (Lipinski definition) is 3. The summed E-state index contributed by atoms with van der Waals surface area (Å²) >= 11 is 0. The summed E-state index contributed by atoms with van der Waals surface area (Å²) in [5, 5.41) is 10.2. The predicted molar refractivity (Wildman–Crippen MR) is 72.4 cm³/mol. The summed E-state index contributed by atoms with van der Waals surface area (Å²) in [6, 6.07) is 6.15. The van der Waals surface area contributed by atoms with Crippen LogP contribution < -0.4 is 4.74 Å². The van der Waals surface area contributed by atoms with Crippen molar-refractivity contribution in [3.8, 4) is 5.75 Å². The molecule has 1 heterocycles. The summed E-state index contributed by atoms with van der Waals surface area (Å²) in [5.74, 6) is 0.992. The van der Waals surface area contributed by atoms with Crippen molar-refractivity contribution < 1.29 is 14.6 Å². The minimum Gasteiger partial charge on any atom is -0.493 e. The van der Waals surface area contributed by atoms with Crippen molar-refractivity contribution in [3.63, 3.8) is 0 Å². The van der Waals surface area contributed by atoms with E-state index in [9.17, 15) is 9.90 Å². The topological polar surface area (TPSA) is 46.5 Å². The van der Waals surface area contributed by atoms with Gasteiger partial charge in [0.15, 0.2) is 5.78 Å². The average Bonchev–Trinajstić information content (AvgIpc) is 3.04. The number of hydrogen-bond donors (Lipinski definition) is 1. The number of ketones is 1. The molecule has 1 fully saturated rings. The molecule has 1 aromatic carbocycles. The van der Waals surface area contributed by atoms with E-state index in [2.05, 4.69) is 6.07 Å². The van der Waals surface area contributed by atoms with Crippen molar-refractivity contribution in [1.82, 2.24) is 0 Å². The molecule has 2 aliphatic rings. The lowest BCUT2D eigenvalue weighted by atomic mass is 9.92. The molecule has 3 rings (SSSR count). The number of aryl methyl sites for hydroxylation is 1. The van der Waals surface area contributed by atoms with Crippen LogP contribution in [0.5, 0.6) is 5.75 Å². The highest BCUT2D eigenvalue weighted by molar-refractivity contribution is 5.87. The fourth-order valence-electron chi connectivity index (χ4n) is 3.12. The first kappa shape index (κ1) is 12.7. The van der Waals surface area contributed by atoms with Gasteiger partial charge in [0, 0.05) is 12.8 Å². The Morgan fingerprint density at radius 2 is 2.11 bits per heavy atom. The number of benzene rings is 1. The molecule has 1 aromatic rings. The van der Waals surface area contributed by atoms with Crippen LogP contribution in [-0.4, -0.2) is 23.1 Å². The maximum atomic E-state index is 12.1. The van der Waals surface area contributed by atoms with Crippen molar-refractivity contribution in [3.05, 3.63) is 29.3 Å². The van der Waals surface area contributed by atoms with Crippen molar-refractivity contribution in [2.45, 2.75) is 50.5 Å². The fourth-order valence-corrected chi connectivity index (χ4v) is 3.12. The molecule has 0 spiro atoms. The van der Waals surface area contributed by atoms with Gasteiger partial charge in [-0.25, -0.2) is 0 Å². The lowest BCUT2D eigenvalue weighted by Gasteiger charge is -2.20. The second-order valence-electron chi connectivity index (χ2n) is 5.70. The minimum absolute atomic E-state index is 0.0155. The Balaban J connectivity index is 1.61. The zero-order valence-corrected chi connectivity index (χ0v) is 11.2. The van der Waals surface area contributed by atoms with Gasteiger partial charge in [0.05, 0.1) is 6.61 Å². The minimum atomic E-state index is -1.03. The third-order valence-electron chi connectivity index (χ3n) is 4.34. The van der Waals surface area contributed by atoms with Gasteiger partial charge in [-0.3, -0.25) is 4.79 Å². The molecule has 3 heteroatoms. The Morgan fingerprint density at radius 1 is 1.32 bits per heavy atom. The summed E-state index contributed by atoms with van der Waals surface area (Å²) in [6.45, 7) is 0.761. The molecule has 0 bridgehead atoms. The Morgan fingerprint density at radius 3 is 2.89 bits per heavy atom. The van der Waals surface area contributed by atoms with Gasteiger partial charge < -0.3 is 9.84 Å². The van der Waals surface area contributed by atoms with Gasteiger partial charge in [-0.1, -0.05) is 12.1 Å². The Bertz CT molecular complexity index is 487. The molecule has 1 aliphatic carbocycles. The SMILES string of the molecule is O=C(CCc1ccc2c(c1)CCO2)C1(O)CCCC1. The second-order valence-corrected chi connectivity index (χ2v) is 5.70. The third-order valence-corrected chi connectivity index (χ3v) is 4.34. The van der Waals surface area contributed by atoms with Gasteiger partial charge in [0.25, 0.3) is 0 Å². The number of Topliss-reactive ketones (excluding diaryl/α,β-unsaturated/α-hetero) is 1. The van der Waals surface area contributed by atoms with Crippen LogP contribution in [0.1, 0.15) is 43.2 Å². The standard InChI is InChI=1S/C16H20O3/c17-15(16(18)8-1-2-9-16)6-4-12-3-5-14-13(11-12)7-10-19-14/h3,5,11,18H,1-2,4,6-10H2. The van der Waals surface area contributed by atoms with E-state index in [4.69, 9.17) is 4.74 Å². The number of rotatable bonds is 4. The van der Waals surface area contributed by atoms with E-state index in [1.165, 1.54) is 11.1 Å².